The van der Waals surface area contributed by atoms with Crippen LogP contribution in [-0.4, -0.2) is 24.0 Å². The van der Waals surface area contributed by atoms with Crippen molar-refractivity contribution in [3.63, 3.8) is 0 Å². The number of Topliss-reactive ketones (excluding diaryl/α,β-unsaturated/α-hetero) is 1. The number of hydrogen-bond acceptors (Lipinski definition) is 5. The molecule has 0 amide bonds. The minimum Gasteiger partial charge on any atom is -0.493 e. The van der Waals surface area contributed by atoms with E-state index in [1.165, 1.54) is 6.26 Å². The van der Waals surface area contributed by atoms with Gasteiger partial charge in [0.05, 0.1) is 16.5 Å². The number of rotatable bonds is 4. The van der Waals surface area contributed by atoms with Crippen molar-refractivity contribution in [2.75, 3.05) is 0 Å². The van der Waals surface area contributed by atoms with E-state index in [9.17, 15) is 9.59 Å². The highest BCUT2D eigenvalue weighted by atomic mass is 79.9. The van der Waals surface area contributed by atoms with Gasteiger partial charge in [0.15, 0.2) is 0 Å². The Balaban J connectivity index is 1.41. The second-order valence-corrected chi connectivity index (χ2v) is 8.24. The summed E-state index contributed by atoms with van der Waals surface area (Å²) in [4.78, 5) is 25.3. The molecule has 0 radical (unpaired) electrons. The van der Waals surface area contributed by atoms with Crippen LogP contribution in [0.4, 0.5) is 0 Å². The molecule has 0 saturated heterocycles. The van der Waals surface area contributed by atoms with E-state index in [4.69, 9.17) is 25.8 Å². The van der Waals surface area contributed by atoms with Gasteiger partial charge in [-0.25, -0.2) is 4.79 Å². The molecule has 3 unspecified atom stereocenters. The Hall–Kier alpha value is -2.31. The maximum atomic E-state index is 12.8. The Kier molecular flexibility index (Phi) is 5.92. The fraction of sp³-hybridized carbons (Fsp3) is 0.273. The van der Waals surface area contributed by atoms with Crippen molar-refractivity contribution in [3.05, 3.63) is 75.6 Å². The Bertz CT molecular complexity index is 973. The molecule has 2 aromatic rings. The van der Waals surface area contributed by atoms with E-state index in [0.29, 0.717) is 40.1 Å². The maximum Gasteiger partial charge on any atom is 0.339 e. The number of esters is 1. The average Bonchev–Trinajstić information content (AvgIpc) is 2.72. The third kappa shape index (κ3) is 4.33. The molecular weight excluding hydrogens is 460 g/mol. The number of carbonyl (C=O) groups is 2. The Morgan fingerprint density at radius 1 is 1.10 bits per heavy atom. The average molecular weight is 478 g/mol. The zero-order valence-electron chi connectivity index (χ0n) is 15.3. The smallest absolute Gasteiger partial charge is 0.339 e. The summed E-state index contributed by atoms with van der Waals surface area (Å²) < 4.78 is 17.8. The molecule has 1 fully saturated rings. The number of benzene rings is 2. The first-order valence-corrected chi connectivity index (χ1v) is 10.5. The van der Waals surface area contributed by atoms with E-state index >= 15 is 0 Å². The summed E-state index contributed by atoms with van der Waals surface area (Å²) in [6.45, 7) is 0. The minimum atomic E-state index is -0.388. The van der Waals surface area contributed by atoms with E-state index in [2.05, 4.69) is 15.9 Å². The van der Waals surface area contributed by atoms with Gasteiger partial charge in [-0.3, -0.25) is 4.79 Å². The number of ether oxygens (including phenoxy) is 3. The normalized spacial score (nSPS) is 23.4. The van der Waals surface area contributed by atoms with E-state index in [1.807, 2.05) is 6.07 Å². The van der Waals surface area contributed by atoms with Crippen LogP contribution in [0, 0.1) is 5.92 Å². The number of ketones is 1. The van der Waals surface area contributed by atoms with Gasteiger partial charge >= 0.3 is 5.97 Å². The highest BCUT2D eigenvalue weighted by molar-refractivity contribution is 9.10. The molecule has 2 aliphatic rings. The number of allylic oxidation sites excluding steroid dienone is 1. The largest absolute Gasteiger partial charge is 0.493 e. The zero-order chi connectivity index (χ0) is 20.4. The van der Waals surface area contributed by atoms with Gasteiger partial charge in [-0.2, -0.15) is 0 Å². The molecule has 1 heterocycles. The fourth-order valence-electron chi connectivity index (χ4n) is 3.60. The van der Waals surface area contributed by atoms with Crippen molar-refractivity contribution in [1.29, 1.82) is 0 Å². The predicted molar refractivity (Wildman–Crippen MR) is 111 cm³/mol. The van der Waals surface area contributed by atoms with Gasteiger partial charge in [0.1, 0.15) is 24.2 Å². The minimum absolute atomic E-state index is 0.114. The third-order valence-corrected chi connectivity index (χ3v) is 6.10. The summed E-state index contributed by atoms with van der Waals surface area (Å²) >= 11 is 9.46. The lowest BCUT2D eigenvalue weighted by Gasteiger charge is -2.36. The Morgan fingerprint density at radius 2 is 1.86 bits per heavy atom. The highest BCUT2D eigenvalue weighted by Gasteiger charge is 2.42. The van der Waals surface area contributed by atoms with E-state index in [0.717, 1.165) is 0 Å². The summed E-state index contributed by atoms with van der Waals surface area (Å²) in [6.07, 6.45) is 2.30. The van der Waals surface area contributed by atoms with Crippen LogP contribution in [-0.2, 0) is 14.3 Å². The molecule has 29 heavy (non-hydrogen) atoms. The Labute approximate surface area is 181 Å². The van der Waals surface area contributed by atoms with Gasteiger partial charge in [0, 0.05) is 10.9 Å². The third-order valence-electron chi connectivity index (χ3n) is 5.10. The molecule has 0 N–H and O–H groups in total. The fourth-order valence-corrected chi connectivity index (χ4v) is 4.22. The van der Waals surface area contributed by atoms with E-state index in [1.54, 1.807) is 42.5 Å². The summed E-state index contributed by atoms with van der Waals surface area (Å²) in [5, 5.41) is 0.422. The number of halogens is 2. The molecule has 2 aromatic carbocycles. The van der Waals surface area contributed by atoms with E-state index in [-0.39, 0.29) is 35.6 Å². The molecule has 4 rings (SSSR count). The van der Waals surface area contributed by atoms with Crippen LogP contribution in [0.3, 0.4) is 0 Å². The molecule has 5 nitrogen and oxygen atoms in total. The molecule has 1 aliphatic heterocycles. The van der Waals surface area contributed by atoms with Crippen LogP contribution >= 0.6 is 27.5 Å². The van der Waals surface area contributed by atoms with Crippen molar-refractivity contribution in [1.82, 2.24) is 0 Å². The van der Waals surface area contributed by atoms with E-state index < -0.39 is 0 Å². The van der Waals surface area contributed by atoms with Crippen LogP contribution in [0.5, 0.6) is 5.75 Å². The standard InChI is InChI=1S/C22H18BrClO5/c23-16-6-2-1-5-14(16)22(26)28-13-9-10-15-19(11-13)27-12-20(21(15)25)29-18-8-4-3-7-17(18)24/h1-8,12-13,15,19H,9-11H2. The van der Waals surface area contributed by atoms with Crippen molar-refractivity contribution in [2.45, 2.75) is 31.5 Å². The van der Waals surface area contributed by atoms with Crippen LogP contribution in [0.25, 0.3) is 0 Å². The summed E-state index contributed by atoms with van der Waals surface area (Å²) in [6, 6.07) is 14.1. The second kappa shape index (κ2) is 8.59. The molecule has 0 aromatic heterocycles. The van der Waals surface area contributed by atoms with Gasteiger partial charge < -0.3 is 14.2 Å². The lowest BCUT2D eigenvalue weighted by Crippen LogP contribution is -2.43. The number of hydrogen-bond donors (Lipinski definition) is 0. The maximum absolute atomic E-state index is 12.8. The van der Waals surface area contributed by atoms with Crippen LogP contribution in [0.15, 0.2) is 65.0 Å². The summed E-state index contributed by atoms with van der Waals surface area (Å²) in [7, 11) is 0. The van der Waals surface area contributed by atoms with Crippen LogP contribution in [0.2, 0.25) is 5.02 Å². The predicted octanol–water partition coefficient (Wildman–Crippen LogP) is 5.32. The summed E-state index contributed by atoms with van der Waals surface area (Å²) in [5.41, 5.74) is 0.477. The van der Waals surface area contributed by atoms with Crippen LogP contribution < -0.4 is 4.74 Å². The second-order valence-electron chi connectivity index (χ2n) is 6.98. The van der Waals surface area contributed by atoms with Gasteiger partial charge in [-0.15, -0.1) is 0 Å². The Morgan fingerprint density at radius 3 is 2.66 bits per heavy atom. The lowest BCUT2D eigenvalue weighted by atomic mass is 9.80. The molecule has 7 heteroatoms. The highest BCUT2D eigenvalue weighted by Crippen LogP contribution is 2.36. The number of fused-ring (bicyclic) bond motifs is 1. The van der Waals surface area contributed by atoms with Crippen molar-refractivity contribution >= 4 is 39.3 Å². The zero-order valence-corrected chi connectivity index (χ0v) is 17.7. The first kappa shape index (κ1) is 20.0. The molecule has 1 saturated carbocycles. The molecule has 3 atom stereocenters. The summed E-state index contributed by atoms with van der Waals surface area (Å²) in [5.74, 6) is -0.274. The van der Waals surface area contributed by atoms with Crippen molar-refractivity contribution in [3.8, 4) is 5.75 Å². The quantitative estimate of drug-likeness (QED) is 0.558. The molecule has 0 spiro atoms. The number of para-hydroxylation sites is 1. The van der Waals surface area contributed by atoms with Gasteiger partial charge in [0.25, 0.3) is 0 Å². The van der Waals surface area contributed by atoms with Crippen molar-refractivity contribution in [2.24, 2.45) is 5.92 Å². The van der Waals surface area contributed by atoms with Gasteiger partial charge in [-0.1, -0.05) is 35.9 Å². The number of carbonyl (C=O) groups excluding carboxylic acids is 2. The van der Waals surface area contributed by atoms with Crippen molar-refractivity contribution < 1.29 is 23.8 Å². The monoisotopic (exact) mass is 476 g/mol. The molecule has 0 bridgehead atoms. The van der Waals surface area contributed by atoms with Gasteiger partial charge in [-0.05, 0) is 53.0 Å². The van der Waals surface area contributed by atoms with Crippen LogP contribution in [0.1, 0.15) is 29.6 Å². The lowest BCUT2D eigenvalue weighted by molar-refractivity contribution is -0.132. The topological polar surface area (TPSA) is 61.8 Å². The molecule has 150 valence electrons. The van der Waals surface area contributed by atoms with Gasteiger partial charge in [0.2, 0.25) is 11.5 Å². The molecular formula is C22H18BrClO5. The molecule has 1 aliphatic carbocycles. The first-order chi connectivity index (χ1) is 14.0. The SMILES string of the molecule is O=C(OC1CCC2C(=O)C(Oc3ccccc3Cl)=COC2C1)c1ccccc1Br. The first-order valence-electron chi connectivity index (χ1n) is 9.30.